The lowest BCUT2D eigenvalue weighted by Crippen LogP contribution is -2.38. The van der Waals surface area contributed by atoms with Gasteiger partial charge in [-0.15, -0.1) is 0 Å². The number of aromatic amines is 1. The number of fused-ring (bicyclic) bond motifs is 3. The summed E-state index contributed by atoms with van der Waals surface area (Å²) in [6.45, 7) is 0.572. The third kappa shape index (κ3) is 2.91. The third-order valence-electron chi connectivity index (χ3n) is 5.68. The molecule has 7 heteroatoms. The summed E-state index contributed by atoms with van der Waals surface area (Å²) in [5.41, 5.74) is 2.98. The summed E-state index contributed by atoms with van der Waals surface area (Å²) in [5, 5.41) is 4.14. The number of ether oxygens (including phenoxy) is 1. The minimum Gasteiger partial charge on any atom is -0.449 e. The van der Waals surface area contributed by atoms with E-state index in [1.54, 1.807) is 0 Å². The number of aromatic nitrogens is 4. The minimum atomic E-state index is -0.256. The molecule has 0 unspecified atom stereocenters. The second-order valence-electron chi connectivity index (χ2n) is 7.58. The lowest BCUT2D eigenvalue weighted by atomic mass is 9.91. The van der Waals surface area contributed by atoms with Crippen LogP contribution in [0.15, 0.2) is 24.8 Å². The van der Waals surface area contributed by atoms with Crippen molar-refractivity contribution in [2.45, 2.75) is 50.6 Å². The second kappa shape index (κ2) is 6.30. The van der Waals surface area contributed by atoms with E-state index in [0.29, 0.717) is 18.6 Å². The molecule has 26 heavy (non-hydrogen) atoms. The summed E-state index contributed by atoms with van der Waals surface area (Å²) >= 11 is 0. The monoisotopic (exact) mass is 353 g/mol. The van der Waals surface area contributed by atoms with Crippen LogP contribution in [-0.2, 0) is 4.74 Å². The van der Waals surface area contributed by atoms with Crippen molar-refractivity contribution in [1.29, 1.82) is 0 Å². The highest BCUT2D eigenvalue weighted by atomic mass is 16.5. The van der Waals surface area contributed by atoms with Crippen LogP contribution in [0, 0.1) is 5.92 Å². The number of carbonyl (C=O) groups is 1. The zero-order chi connectivity index (χ0) is 17.5. The number of hydrogen-bond acceptors (Lipinski definition) is 4. The molecule has 5 rings (SSSR count). The first-order valence-corrected chi connectivity index (χ1v) is 9.50. The molecule has 2 N–H and O–H groups in total. The fourth-order valence-corrected chi connectivity index (χ4v) is 3.99. The molecule has 0 radical (unpaired) electrons. The van der Waals surface area contributed by atoms with Crippen LogP contribution in [0.2, 0.25) is 0 Å². The molecular formula is C19H23N5O2. The molecule has 2 aliphatic carbocycles. The molecule has 7 nitrogen and oxygen atoms in total. The van der Waals surface area contributed by atoms with Gasteiger partial charge in [0, 0.05) is 23.7 Å². The highest BCUT2D eigenvalue weighted by Crippen LogP contribution is 2.33. The van der Waals surface area contributed by atoms with Crippen molar-refractivity contribution < 1.29 is 9.53 Å². The molecule has 0 saturated heterocycles. The SMILES string of the molecule is O=C(N[C@H]1CC[C@H](n2cnc3cnc4[nH]ccc4c32)CC1)OCC1CC1. The Hall–Kier alpha value is -2.57. The van der Waals surface area contributed by atoms with E-state index in [4.69, 9.17) is 4.74 Å². The van der Waals surface area contributed by atoms with Crippen LogP contribution in [0.3, 0.4) is 0 Å². The quantitative estimate of drug-likeness (QED) is 0.751. The summed E-state index contributed by atoms with van der Waals surface area (Å²) in [6.07, 6.45) is 11.8. The topological polar surface area (TPSA) is 84.8 Å². The number of amides is 1. The van der Waals surface area contributed by atoms with E-state index in [1.807, 2.05) is 18.7 Å². The number of alkyl carbamates (subject to hydrolysis) is 1. The number of nitrogens with one attached hydrogen (secondary N) is 2. The number of carbonyl (C=O) groups excluding carboxylic acids is 1. The summed E-state index contributed by atoms with van der Waals surface area (Å²) in [7, 11) is 0. The molecule has 3 aromatic rings. The van der Waals surface area contributed by atoms with Crippen LogP contribution >= 0.6 is 0 Å². The van der Waals surface area contributed by atoms with Crippen molar-refractivity contribution in [3.63, 3.8) is 0 Å². The highest BCUT2D eigenvalue weighted by molar-refractivity contribution is 6.00. The summed E-state index contributed by atoms with van der Waals surface area (Å²) in [5.74, 6) is 0.603. The first-order valence-electron chi connectivity index (χ1n) is 9.50. The zero-order valence-electron chi connectivity index (χ0n) is 14.6. The third-order valence-corrected chi connectivity index (χ3v) is 5.68. The number of pyridine rings is 1. The predicted molar refractivity (Wildman–Crippen MR) is 97.9 cm³/mol. The predicted octanol–water partition coefficient (Wildman–Crippen LogP) is 3.53. The molecule has 2 saturated carbocycles. The van der Waals surface area contributed by atoms with E-state index in [9.17, 15) is 4.79 Å². The fraction of sp³-hybridized carbons (Fsp3) is 0.526. The van der Waals surface area contributed by atoms with Crippen LogP contribution in [0.4, 0.5) is 4.79 Å². The van der Waals surface area contributed by atoms with Crippen molar-refractivity contribution in [2.24, 2.45) is 5.92 Å². The average molecular weight is 353 g/mol. The molecule has 3 heterocycles. The smallest absolute Gasteiger partial charge is 0.407 e. The van der Waals surface area contributed by atoms with Crippen LogP contribution in [0.1, 0.15) is 44.6 Å². The van der Waals surface area contributed by atoms with Crippen LogP contribution in [0.5, 0.6) is 0 Å². The normalized spacial score (nSPS) is 23.4. The van der Waals surface area contributed by atoms with Gasteiger partial charge in [-0.3, -0.25) is 0 Å². The molecule has 3 aromatic heterocycles. The summed E-state index contributed by atoms with van der Waals surface area (Å²) in [6, 6.07) is 2.68. The minimum absolute atomic E-state index is 0.210. The summed E-state index contributed by atoms with van der Waals surface area (Å²) in [4.78, 5) is 24.0. The van der Waals surface area contributed by atoms with E-state index in [1.165, 1.54) is 12.8 Å². The van der Waals surface area contributed by atoms with Crippen molar-refractivity contribution in [2.75, 3.05) is 6.61 Å². The molecule has 0 bridgehead atoms. The number of nitrogens with zero attached hydrogens (tertiary/aromatic N) is 3. The molecule has 2 fully saturated rings. The Kier molecular flexibility index (Phi) is 3.80. The van der Waals surface area contributed by atoms with Gasteiger partial charge in [-0.1, -0.05) is 0 Å². The molecule has 2 aliphatic rings. The van der Waals surface area contributed by atoms with Crippen molar-refractivity contribution in [1.82, 2.24) is 24.8 Å². The van der Waals surface area contributed by atoms with Crippen LogP contribution in [0.25, 0.3) is 22.1 Å². The Morgan fingerprint density at radius 3 is 2.88 bits per heavy atom. The zero-order valence-corrected chi connectivity index (χ0v) is 14.6. The van der Waals surface area contributed by atoms with E-state index in [0.717, 1.165) is 47.8 Å². The highest BCUT2D eigenvalue weighted by Gasteiger charge is 2.27. The molecule has 136 valence electrons. The molecular weight excluding hydrogens is 330 g/mol. The van der Waals surface area contributed by atoms with E-state index < -0.39 is 0 Å². The van der Waals surface area contributed by atoms with E-state index >= 15 is 0 Å². The molecule has 1 amide bonds. The Morgan fingerprint density at radius 2 is 2.08 bits per heavy atom. The maximum Gasteiger partial charge on any atom is 0.407 e. The van der Waals surface area contributed by atoms with Crippen molar-refractivity contribution >= 4 is 28.2 Å². The first-order chi connectivity index (χ1) is 12.8. The maximum absolute atomic E-state index is 11.9. The Morgan fingerprint density at radius 1 is 1.23 bits per heavy atom. The van der Waals surface area contributed by atoms with E-state index in [-0.39, 0.29) is 12.1 Å². The van der Waals surface area contributed by atoms with Gasteiger partial charge in [-0.2, -0.15) is 0 Å². The largest absolute Gasteiger partial charge is 0.449 e. The summed E-state index contributed by atoms with van der Waals surface area (Å²) < 4.78 is 7.58. The van der Waals surface area contributed by atoms with Gasteiger partial charge in [-0.05, 0) is 50.5 Å². The number of H-pyrrole nitrogens is 1. The van der Waals surface area contributed by atoms with E-state index in [2.05, 4.69) is 30.9 Å². The average Bonchev–Trinajstić information content (AvgIpc) is 3.18. The number of rotatable bonds is 4. The van der Waals surface area contributed by atoms with Crippen LogP contribution in [-0.4, -0.2) is 38.3 Å². The lowest BCUT2D eigenvalue weighted by molar-refractivity contribution is 0.133. The van der Waals surface area contributed by atoms with Gasteiger partial charge >= 0.3 is 6.09 Å². The molecule has 0 aliphatic heterocycles. The lowest BCUT2D eigenvalue weighted by Gasteiger charge is -2.30. The molecule has 0 aromatic carbocycles. The number of hydrogen-bond donors (Lipinski definition) is 2. The van der Waals surface area contributed by atoms with Gasteiger partial charge in [0.2, 0.25) is 0 Å². The molecule has 0 atom stereocenters. The fourth-order valence-electron chi connectivity index (χ4n) is 3.99. The Bertz CT molecular complexity index is 934. The maximum atomic E-state index is 11.9. The van der Waals surface area contributed by atoms with Gasteiger partial charge < -0.3 is 19.6 Å². The van der Waals surface area contributed by atoms with Crippen molar-refractivity contribution in [3.05, 3.63) is 24.8 Å². The van der Waals surface area contributed by atoms with Gasteiger partial charge in [-0.25, -0.2) is 14.8 Å². The van der Waals surface area contributed by atoms with Gasteiger partial charge in [0.1, 0.15) is 11.2 Å². The first kappa shape index (κ1) is 15.7. The van der Waals surface area contributed by atoms with Crippen molar-refractivity contribution in [3.8, 4) is 0 Å². The standard InChI is InChI=1S/C19H23N5O2/c25-19(26-10-12-1-2-12)23-13-3-5-14(6-4-13)24-11-22-16-9-21-18-15(17(16)24)7-8-20-18/h7-9,11-14H,1-6,10H2,(H,20,21)(H,23,25)/t13-,14-. The Labute approximate surface area is 151 Å². The Balaban J connectivity index is 1.26. The second-order valence-corrected chi connectivity index (χ2v) is 7.58. The van der Waals surface area contributed by atoms with Gasteiger partial charge in [0.05, 0.1) is 24.6 Å². The van der Waals surface area contributed by atoms with Gasteiger partial charge in [0.25, 0.3) is 0 Å². The molecule has 0 spiro atoms. The van der Waals surface area contributed by atoms with Gasteiger partial charge in [0.15, 0.2) is 0 Å². The number of imidazole rings is 1. The van der Waals surface area contributed by atoms with Crippen LogP contribution < -0.4 is 5.32 Å².